The average molecular weight is 540 g/mol. The number of hydrogen-bond acceptors (Lipinski definition) is 5. The molecule has 2 heterocycles. The van der Waals surface area contributed by atoms with Gasteiger partial charge in [0.2, 0.25) is 0 Å². The number of carbonyl (C=O) groups excluding carboxylic acids is 2. The van der Waals surface area contributed by atoms with E-state index in [1.807, 2.05) is 18.2 Å². The minimum absolute atomic E-state index is 0.0368. The van der Waals surface area contributed by atoms with Crippen molar-refractivity contribution in [1.82, 2.24) is 15.3 Å². The lowest BCUT2D eigenvalue weighted by molar-refractivity contribution is -0.122. The second kappa shape index (κ2) is 9.36. The van der Waals surface area contributed by atoms with E-state index in [1.54, 1.807) is 48.5 Å². The highest BCUT2D eigenvalue weighted by atomic mass is 35.5. The number of rotatable bonds is 3. The molecule has 172 valence electrons. The van der Waals surface area contributed by atoms with Crippen LogP contribution in [-0.4, -0.2) is 26.9 Å². The number of carbonyl (C=O) groups is 2. The van der Waals surface area contributed by atoms with Crippen molar-refractivity contribution in [1.29, 1.82) is 0 Å². The second-order valence-electron chi connectivity index (χ2n) is 7.51. The van der Waals surface area contributed by atoms with Gasteiger partial charge in [-0.2, -0.15) is 0 Å². The zero-order valence-corrected chi connectivity index (χ0v) is 20.7. The van der Waals surface area contributed by atoms with Gasteiger partial charge in [-0.3, -0.25) is 19.8 Å². The van der Waals surface area contributed by atoms with Gasteiger partial charge in [-0.25, -0.2) is 9.97 Å². The van der Waals surface area contributed by atoms with Crippen LogP contribution in [0.3, 0.4) is 0 Å². The standard InChI is InChI=1S/C25H13Cl3N4O2S/c26-13-5-8-15(9-6-13)32-24(34)18(23(33)31-25(32)35)12-21-29-20-10-7-14(27)11-17(20)22(30-21)16-3-1-2-4-19(16)28/h1-12H,(H,31,33,35). The first-order chi connectivity index (χ1) is 16.8. The summed E-state index contributed by atoms with van der Waals surface area (Å²) in [5, 5.41) is 4.68. The summed E-state index contributed by atoms with van der Waals surface area (Å²) < 4.78 is 0. The number of anilines is 1. The van der Waals surface area contributed by atoms with Crippen LogP contribution in [0, 0.1) is 0 Å². The lowest BCUT2D eigenvalue weighted by atomic mass is 10.1. The molecule has 6 nitrogen and oxygen atoms in total. The first kappa shape index (κ1) is 23.4. The molecule has 0 unspecified atom stereocenters. The van der Waals surface area contributed by atoms with E-state index in [4.69, 9.17) is 47.0 Å². The third-order valence-electron chi connectivity index (χ3n) is 5.26. The van der Waals surface area contributed by atoms with E-state index in [1.165, 1.54) is 11.0 Å². The Balaban J connectivity index is 1.66. The molecule has 0 radical (unpaired) electrons. The molecule has 10 heteroatoms. The summed E-state index contributed by atoms with van der Waals surface area (Å²) in [7, 11) is 0. The summed E-state index contributed by atoms with van der Waals surface area (Å²) in [6.07, 6.45) is 1.33. The lowest BCUT2D eigenvalue weighted by Gasteiger charge is -2.28. The largest absolute Gasteiger partial charge is 0.298 e. The predicted octanol–water partition coefficient (Wildman–Crippen LogP) is 6.09. The molecule has 0 saturated carbocycles. The van der Waals surface area contributed by atoms with Crippen LogP contribution in [0.5, 0.6) is 0 Å². The quantitative estimate of drug-likeness (QED) is 0.194. The SMILES string of the molecule is O=C1NC(=S)N(c2ccc(Cl)cc2)C(=O)C1=Cc1nc(-c2ccccc2Cl)c2cc(Cl)ccc2n1. The molecular weight excluding hydrogens is 527 g/mol. The normalized spacial score (nSPS) is 15.1. The van der Waals surface area contributed by atoms with E-state index in [9.17, 15) is 9.59 Å². The summed E-state index contributed by atoms with van der Waals surface area (Å²) in [5.41, 5.74) is 2.03. The number of fused-ring (bicyclic) bond motifs is 1. The van der Waals surface area contributed by atoms with Crippen molar-refractivity contribution in [3.63, 3.8) is 0 Å². The van der Waals surface area contributed by atoms with E-state index >= 15 is 0 Å². The minimum atomic E-state index is -0.649. The van der Waals surface area contributed by atoms with Crippen molar-refractivity contribution in [2.24, 2.45) is 0 Å². The Morgan fingerprint density at radius 3 is 2.34 bits per heavy atom. The van der Waals surface area contributed by atoms with E-state index in [2.05, 4.69) is 15.3 Å². The summed E-state index contributed by atoms with van der Waals surface area (Å²) in [6.45, 7) is 0. The van der Waals surface area contributed by atoms with Crippen molar-refractivity contribution in [3.8, 4) is 11.3 Å². The number of benzene rings is 3. The van der Waals surface area contributed by atoms with Gasteiger partial charge in [0.15, 0.2) is 10.9 Å². The van der Waals surface area contributed by atoms with Crippen molar-refractivity contribution >= 4 is 86.6 Å². The number of aromatic nitrogens is 2. The van der Waals surface area contributed by atoms with Crippen LogP contribution >= 0.6 is 47.0 Å². The first-order valence-electron chi connectivity index (χ1n) is 10.2. The monoisotopic (exact) mass is 538 g/mol. The Kier molecular flexibility index (Phi) is 6.25. The Bertz CT molecular complexity index is 1570. The third kappa shape index (κ3) is 4.51. The molecule has 5 rings (SSSR count). The fourth-order valence-electron chi connectivity index (χ4n) is 3.65. The van der Waals surface area contributed by atoms with Crippen molar-refractivity contribution in [2.75, 3.05) is 4.90 Å². The summed E-state index contributed by atoms with van der Waals surface area (Å²) in [5.74, 6) is -1.11. The van der Waals surface area contributed by atoms with Crippen LogP contribution in [0.2, 0.25) is 15.1 Å². The second-order valence-corrected chi connectivity index (χ2v) is 9.17. The molecule has 1 aliphatic heterocycles. The van der Waals surface area contributed by atoms with Crippen LogP contribution in [0.4, 0.5) is 5.69 Å². The van der Waals surface area contributed by atoms with E-state index in [0.29, 0.717) is 42.9 Å². The molecule has 3 aromatic carbocycles. The fourth-order valence-corrected chi connectivity index (χ4v) is 4.46. The highest BCUT2D eigenvalue weighted by Gasteiger charge is 2.34. The molecule has 2 amide bonds. The minimum Gasteiger partial charge on any atom is -0.298 e. The molecule has 0 bridgehead atoms. The van der Waals surface area contributed by atoms with Crippen molar-refractivity contribution < 1.29 is 9.59 Å². The predicted molar refractivity (Wildman–Crippen MR) is 143 cm³/mol. The molecule has 0 spiro atoms. The van der Waals surface area contributed by atoms with Crippen LogP contribution < -0.4 is 10.2 Å². The summed E-state index contributed by atoms with van der Waals surface area (Å²) in [4.78, 5) is 36.5. The average Bonchev–Trinajstić information content (AvgIpc) is 2.83. The number of halogens is 3. The topological polar surface area (TPSA) is 75.2 Å². The van der Waals surface area contributed by atoms with Crippen LogP contribution in [-0.2, 0) is 9.59 Å². The molecule has 35 heavy (non-hydrogen) atoms. The van der Waals surface area contributed by atoms with Gasteiger partial charge in [-0.15, -0.1) is 0 Å². The third-order valence-corrected chi connectivity index (χ3v) is 6.37. The summed E-state index contributed by atoms with van der Waals surface area (Å²) >= 11 is 23.9. The van der Waals surface area contributed by atoms with Crippen LogP contribution in [0.15, 0.2) is 72.3 Å². The molecular formula is C25H13Cl3N4O2S. The smallest absolute Gasteiger partial charge is 0.270 e. The van der Waals surface area contributed by atoms with E-state index < -0.39 is 11.8 Å². The van der Waals surface area contributed by atoms with Crippen molar-refractivity contribution in [2.45, 2.75) is 0 Å². The number of thiocarbonyl (C=S) groups is 1. The van der Waals surface area contributed by atoms with E-state index in [-0.39, 0.29) is 16.5 Å². The van der Waals surface area contributed by atoms with Gasteiger partial charge < -0.3 is 0 Å². The zero-order chi connectivity index (χ0) is 24.7. The van der Waals surface area contributed by atoms with E-state index in [0.717, 1.165) is 0 Å². The van der Waals surface area contributed by atoms with Crippen LogP contribution in [0.1, 0.15) is 5.82 Å². The van der Waals surface area contributed by atoms with Gasteiger partial charge in [-0.1, -0.05) is 53.0 Å². The number of amides is 2. The highest BCUT2D eigenvalue weighted by Crippen LogP contribution is 2.33. The Morgan fingerprint density at radius 2 is 1.60 bits per heavy atom. The van der Waals surface area contributed by atoms with Crippen molar-refractivity contribution in [3.05, 3.63) is 93.2 Å². The Hall–Kier alpha value is -3.36. The van der Waals surface area contributed by atoms with Crippen LogP contribution in [0.25, 0.3) is 28.2 Å². The number of nitrogens with one attached hydrogen (secondary N) is 1. The number of nitrogens with zero attached hydrogens (tertiary/aromatic N) is 3. The molecule has 0 atom stereocenters. The molecule has 1 fully saturated rings. The number of hydrogen-bond donors (Lipinski definition) is 1. The lowest BCUT2D eigenvalue weighted by Crippen LogP contribution is -2.54. The van der Waals surface area contributed by atoms with Gasteiger partial charge >= 0.3 is 0 Å². The van der Waals surface area contributed by atoms with Gasteiger partial charge in [0.05, 0.1) is 16.9 Å². The fraction of sp³-hybridized carbons (Fsp3) is 0. The molecule has 0 aliphatic carbocycles. The van der Waals surface area contributed by atoms with Gasteiger partial charge in [0.25, 0.3) is 11.8 Å². The maximum Gasteiger partial charge on any atom is 0.270 e. The van der Waals surface area contributed by atoms with Gasteiger partial charge in [0.1, 0.15) is 5.57 Å². The zero-order valence-electron chi connectivity index (χ0n) is 17.6. The Labute approximate surface area is 220 Å². The Morgan fingerprint density at radius 1 is 0.886 bits per heavy atom. The molecule has 1 aromatic heterocycles. The maximum absolute atomic E-state index is 13.3. The molecule has 1 N–H and O–H groups in total. The molecule has 4 aromatic rings. The highest BCUT2D eigenvalue weighted by molar-refractivity contribution is 7.80. The molecule has 1 saturated heterocycles. The maximum atomic E-state index is 13.3. The van der Waals surface area contributed by atoms with Gasteiger partial charge in [-0.05, 0) is 60.7 Å². The molecule has 1 aliphatic rings. The summed E-state index contributed by atoms with van der Waals surface area (Å²) in [6, 6.07) is 18.9. The van der Waals surface area contributed by atoms with Gasteiger partial charge in [0, 0.05) is 32.1 Å². The first-order valence-corrected chi connectivity index (χ1v) is 11.8.